The number of nitrogens with zero attached hydrogens (tertiary/aromatic N) is 2. The number of amides is 4. The minimum Gasteiger partial charge on any atom is -0.342 e. The van der Waals surface area contributed by atoms with Crippen LogP contribution in [0.1, 0.15) is 16.7 Å². The second-order valence-corrected chi connectivity index (χ2v) is 9.07. The van der Waals surface area contributed by atoms with Gasteiger partial charge >= 0.3 is 6.03 Å². The van der Waals surface area contributed by atoms with E-state index < -0.39 is 17.8 Å². The lowest BCUT2D eigenvalue weighted by atomic mass is 10.1. The number of benzene rings is 3. The molecule has 1 fully saturated rings. The minimum absolute atomic E-state index is 0.0963. The Labute approximate surface area is 204 Å². The molecule has 4 amide bonds. The van der Waals surface area contributed by atoms with Crippen molar-refractivity contribution in [2.45, 2.75) is 13.5 Å². The van der Waals surface area contributed by atoms with Crippen molar-refractivity contribution in [2.75, 3.05) is 4.90 Å². The van der Waals surface area contributed by atoms with Gasteiger partial charge in [-0.05, 0) is 48.9 Å². The third-order valence-corrected chi connectivity index (χ3v) is 6.27. The van der Waals surface area contributed by atoms with Crippen LogP contribution in [0, 0.1) is 6.92 Å². The maximum Gasteiger partial charge on any atom is 0.335 e. The van der Waals surface area contributed by atoms with E-state index in [0.717, 1.165) is 31.4 Å². The molecule has 0 radical (unpaired) electrons. The van der Waals surface area contributed by atoms with Crippen molar-refractivity contribution in [3.05, 3.63) is 106 Å². The van der Waals surface area contributed by atoms with Crippen LogP contribution in [0.2, 0.25) is 0 Å². The van der Waals surface area contributed by atoms with Gasteiger partial charge in [-0.25, -0.2) is 9.69 Å². The van der Waals surface area contributed by atoms with Crippen LogP contribution < -0.4 is 10.2 Å². The van der Waals surface area contributed by atoms with Gasteiger partial charge in [-0.15, -0.1) is 0 Å². The number of anilines is 1. The second-order valence-electron chi connectivity index (χ2n) is 8.15. The fraction of sp³-hybridized carbons (Fsp3) is 0.0741. The normalized spacial score (nSPS) is 15.3. The van der Waals surface area contributed by atoms with E-state index in [9.17, 15) is 14.4 Å². The first kappa shape index (κ1) is 21.9. The number of carbonyl (C=O) groups is 3. The Kier molecular flexibility index (Phi) is 5.63. The molecule has 1 aliphatic heterocycles. The molecule has 0 unspecified atom stereocenters. The lowest BCUT2D eigenvalue weighted by molar-refractivity contribution is -0.122. The zero-order valence-corrected chi connectivity index (χ0v) is 19.9. The molecule has 1 N–H and O–H groups in total. The summed E-state index contributed by atoms with van der Waals surface area (Å²) in [6.07, 6.45) is 3.49. The first-order valence-electron chi connectivity index (χ1n) is 10.7. The third-order valence-electron chi connectivity index (χ3n) is 5.74. The molecule has 0 spiro atoms. The Bertz CT molecular complexity index is 1480. The Balaban J connectivity index is 1.56. The van der Waals surface area contributed by atoms with Crippen LogP contribution in [0.3, 0.4) is 0 Å². The number of nitrogens with one attached hydrogen (secondary N) is 1. The number of aromatic nitrogens is 1. The molecular formula is C27H20BrN3O3. The monoisotopic (exact) mass is 513 g/mol. The van der Waals surface area contributed by atoms with Crippen molar-refractivity contribution in [1.82, 2.24) is 9.88 Å². The third kappa shape index (κ3) is 4.06. The summed E-state index contributed by atoms with van der Waals surface area (Å²) in [6.45, 7) is 2.70. The van der Waals surface area contributed by atoms with E-state index in [1.165, 1.54) is 5.56 Å². The molecule has 0 aliphatic carbocycles. The molecule has 168 valence electrons. The van der Waals surface area contributed by atoms with Crippen molar-refractivity contribution in [3.8, 4) is 0 Å². The number of urea groups is 1. The maximum atomic E-state index is 13.3. The van der Waals surface area contributed by atoms with Crippen LogP contribution >= 0.6 is 15.9 Å². The van der Waals surface area contributed by atoms with Crippen molar-refractivity contribution in [2.24, 2.45) is 0 Å². The molecule has 3 aromatic carbocycles. The summed E-state index contributed by atoms with van der Waals surface area (Å²) in [4.78, 5) is 39.4. The summed E-state index contributed by atoms with van der Waals surface area (Å²) < 4.78 is 2.91. The van der Waals surface area contributed by atoms with Crippen molar-refractivity contribution < 1.29 is 14.4 Å². The maximum absolute atomic E-state index is 13.3. The predicted molar refractivity (Wildman–Crippen MR) is 135 cm³/mol. The zero-order chi connectivity index (χ0) is 23.8. The summed E-state index contributed by atoms with van der Waals surface area (Å²) in [5.41, 5.74) is 4.33. The smallest absolute Gasteiger partial charge is 0.335 e. The number of rotatable bonds is 4. The van der Waals surface area contributed by atoms with E-state index in [0.29, 0.717) is 12.2 Å². The van der Waals surface area contributed by atoms with E-state index in [4.69, 9.17) is 0 Å². The van der Waals surface area contributed by atoms with Gasteiger partial charge in [-0.1, -0.05) is 64.0 Å². The van der Waals surface area contributed by atoms with Gasteiger partial charge < -0.3 is 4.57 Å². The van der Waals surface area contributed by atoms with Gasteiger partial charge in [-0.2, -0.15) is 0 Å². The van der Waals surface area contributed by atoms with Crippen LogP contribution in [0.25, 0.3) is 17.0 Å². The van der Waals surface area contributed by atoms with Gasteiger partial charge in [0.1, 0.15) is 5.57 Å². The largest absolute Gasteiger partial charge is 0.342 e. The summed E-state index contributed by atoms with van der Waals surface area (Å²) in [5.74, 6) is -1.37. The summed E-state index contributed by atoms with van der Waals surface area (Å²) >= 11 is 3.35. The van der Waals surface area contributed by atoms with E-state index in [2.05, 4.69) is 50.9 Å². The Morgan fingerprint density at radius 1 is 0.941 bits per heavy atom. The van der Waals surface area contributed by atoms with E-state index in [1.807, 2.05) is 36.5 Å². The molecule has 0 bridgehead atoms. The number of halogens is 1. The molecule has 34 heavy (non-hydrogen) atoms. The molecule has 1 saturated heterocycles. The first-order valence-corrected chi connectivity index (χ1v) is 11.5. The van der Waals surface area contributed by atoms with Crippen LogP contribution in [-0.4, -0.2) is 22.4 Å². The summed E-state index contributed by atoms with van der Waals surface area (Å²) in [5, 5.41) is 3.20. The molecule has 7 heteroatoms. The first-order chi connectivity index (χ1) is 16.4. The Hall–Kier alpha value is -3.97. The molecular weight excluding hydrogens is 494 g/mol. The van der Waals surface area contributed by atoms with Gasteiger partial charge in [0.2, 0.25) is 0 Å². The van der Waals surface area contributed by atoms with E-state index in [1.54, 1.807) is 30.3 Å². The summed E-state index contributed by atoms with van der Waals surface area (Å²) in [7, 11) is 0. The summed E-state index contributed by atoms with van der Waals surface area (Å²) in [6, 6.07) is 22.1. The van der Waals surface area contributed by atoms with Crippen LogP contribution in [0.4, 0.5) is 10.5 Å². The number of fused-ring (bicyclic) bond motifs is 1. The van der Waals surface area contributed by atoms with Gasteiger partial charge in [0.05, 0.1) is 5.69 Å². The fourth-order valence-corrected chi connectivity index (χ4v) is 4.43. The number of barbiturate groups is 1. The molecule has 2 heterocycles. The molecule has 0 atom stereocenters. The van der Waals surface area contributed by atoms with Crippen LogP contribution in [0.15, 0.2) is 89.0 Å². The molecule has 0 saturated carbocycles. The molecule has 1 aliphatic rings. The van der Waals surface area contributed by atoms with Crippen LogP contribution in [0.5, 0.6) is 0 Å². The standard InChI is InChI=1S/C27H20BrN3O3/c1-17-5-4-6-18(13-17)15-30-16-19(22-7-2-3-8-24(22)30)14-23-25(32)29-27(34)31(26(23)33)21-11-9-20(28)10-12-21/h2-14,16H,15H2,1H3,(H,29,32,34)/b23-14+. The SMILES string of the molecule is Cc1cccc(Cn2cc(/C=C3\C(=O)NC(=O)N(c4ccc(Br)cc4)C3=O)c3ccccc32)c1. The second kappa shape index (κ2) is 8.76. The average molecular weight is 514 g/mol. The van der Waals surface area contributed by atoms with Crippen LogP contribution in [-0.2, 0) is 16.1 Å². The number of para-hydroxylation sites is 1. The molecule has 6 nitrogen and oxygen atoms in total. The number of hydrogen-bond acceptors (Lipinski definition) is 3. The Morgan fingerprint density at radius 3 is 2.47 bits per heavy atom. The fourth-order valence-electron chi connectivity index (χ4n) is 4.17. The highest BCUT2D eigenvalue weighted by Gasteiger charge is 2.37. The number of carbonyl (C=O) groups excluding carboxylic acids is 3. The predicted octanol–water partition coefficient (Wildman–Crippen LogP) is 5.43. The number of hydrogen-bond donors (Lipinski definition) is 1. The average Bonchev–Trinajstić information content (AvgIpc) is 3.15. The number of aryl methyl sites for hydroxylation is 1. The van der Waals surface area contributed by atoms with E-state index >= 15 is 0 Å². The minimum atomic E-state index is -0.767. The lowest BCUT2D eigenvalue weighted by Gasteiger charge is -2.26. The quantitative estimate of drug-likeness (QED) is 0.292. The number of imide groups is 2. The Morgan fingerprint density at radius 2 is 1.71 bits per heavy atom. The van der Waals surface area contributed by atoms with Crippen molar-refractivity contribution >= 4 is 56.4 Å². The molecule has 1 aromatic heterocycles. The highest BCUT2D eigenvalue weighted by Crippen LogP contribution is 2.28. The van der Waals surface area contributed by atoms with Gasteiger partial charge in [0.25, 0.3) is 11.8 Å². The zero-order valence-electron chi connectivity index (χ0n) is 18.3. The van der Waals surface area contributed by atoms with E-state index in [-0.39, 0.29) is 5.57 Å². The lowest BCUT2D eigenvalue weighted by Crippen LogP contribution is -2.54. The molecule has 4 aromatic rings. The molecule has 5 rings (SSSR count). The van der Waals surface area contributed by atoms with Gasteiger partial charge in [0.15, 0.2) is 0 Å². The topological polar surface area (TPSA) is 71.4 Å². The van der Waals surface area contributed by atoms with Crippen molar-refractivity contribution in [1.29, 1.82) is 0 Å². The van der Waals surface area contributed by atoms with Gasteiger partial charge in [0, 0.05) is 33.7 Å². The van der Waals surface area contributed by atoms with Crippen molar-refractivity contribution in [3.63, 3.8) is 0 Å². The van der Waals surface area contributed by atoms with Gasteiger partial charge in [-0.3, -0.25) is 14.9 Å². The highest BCUT2D eigenvalue weighted by molar-refractivity contribution is 9.10. The highest BCUT2D eigenvalue weighted by atomic mass is 79.9.